The molecule has 0 aliphatic carbocycles. The normalized spacial score (nSPS) is 11.7. The summed E-state index contributed by atoms with van der Waals surface area (Å²) in [7, 11) is -4.39. The molecule has 0 atom stereocenters. The maximum Gasteiger partial charge on any atom is 0.339 e. The number of aromatic hydroxyl groups is 1. The summed E-state index contributed by atoms with van der Waals surface area (Å²) in [4.78, 5) is 10.6. The Labute approximate surface area is 131 Å². The van der Waals surface area contributed by atoms with E-state index < -0.39 is 21.8 Å². The van der Waals surface area contributed by atoms with E-state index in [0.717, 1.165) is 6.07 Å². The van der Waals surface area contributed by atoms with Crippen LogP contribution in [0.4, 0.5) is 11.4 Å². The van der Waals surface area contributed by atoms with E-state index in [0.29, 0.717) is 5.56 Å². The molecular weight excluding hydrogens is 324 g/mol. The van der Waals surface area contributed by atoms with Gasteiger partial charge in [0.25, 0.3) is 10.1 Å². The molecule has 0 bridgehead atoms. The number of para-hydroxylation sites is 1. The van der Waals surface area contributed by atoms with E-state index in [1.165, 1.54) is 37.3 Å². The molecule has 120 valence electrons. The van der Waals surface area contributed by atoms with Gasteiger partial charge in [-0.2, -0.15) is 13.5 Å². The first-order valence-electron chi connectivity index (χ1n) is 6.25. The van der Waals surface area contributed by atoms with Gasteiger partial charge in [0.1, 0.15) is 11.3 Å². The summed E-state index contributed by atoms with van der Waals surface area (Å²) in [6.07, 6.45) is 0. The minimum absolute atomic E-state index is 0.0844. The van der Waals surface area contributed by atoms with Crippen molar-refractivity contribution in [2.24, 2.45) is 10.2 Å². The third kappa shape index (κ3) is 3.71. The van der Waals surface area contributed by atoms with Crippen LogP contribution in [0.15, 0.2) is 51.5 Å². The van der Waals surface area contributed by atoms with Crippen LogP contribution in [-0.2, 0) is 10.1 Å². The zero-order valence-electron chi connectivity index (χ0n) is 11.8. The van der Waals surface area contributed by atoms with Gasteiger partial charge in [-0.05, 0) is 36.8 Å². The van der Waals surface area contributed by atoms with Crippen molar-refractivity contribution in [1.82, 2.24) is 0 Å². The topological polar surface area (TPSA) is 137 Å². The molecule has 0 saturated heterocycles. The predicted molar refractivity (Wildman–Crippen MR) is 80.2 cm³/mol. The number of rotatable bonds is 4. The van der Waals surface area contributed by atoms with E-state index in [2.05, 4.69) is 10.2 Å². The number of nitrogens with zero attached hydrogens (tertiary/aromatic N) is 2. The predicted octanol–water partition coefficient (Wildman–Crippen LogP) is 3.06. The lowest BCUT2D eigenvalue weighted by Gasteiger charge is -2.03. The second-order valence-corrected chi connectivity index (χ2v) is 5.99. The van der Waals surface area contributed by atoms with Crippen LogP contribution in [0.5, 0.6) is 5.75 Å². The van der Waals surface area contributed by atoms with Crippen LogP contribution in [0.3, 0.4) is 0 Å². The standard InChI is InChI=1S/C14H12N2O6S/c1-8-5-6-9(7-12(8)23(20,21)22)15-16-11-4-2-3-10(13(11)17)14(18)19/h2-7,17H,1H3,(H,18,19)(H,20,21,22). The first-order valence-corrected chi connectivity index (χ1v) is 7.69. The smallest absolute Gasteiger partial charge is 0.339 e. The highest BCUT2D eigenvalue weighted by Gasteiger charge is 2.14. The lowest BCUT2D eigenvalue weighted by atomic mass is 10.2. The number of carboxylic acids is 1. The van der Waals surface area contributed by atoms with E-state index in [1.54, 1.807) is 0 Å². The van der Waals surface area contributed by atoms with Crippen LogP contribution in [-0.4, -0.2) is 29.2 Å². The fraction of sp³-hybridized carbons (Fsp3) is 0.0714. The van der Waals surface area contributed by atoms with Crippen molar-refractivity contribution in [2.75, 3.05) is 0 Å². The molecule has 0 radical (unpaired) electrons. The van der Waals surface area contributed by atoms with E-state index >= 15 is 0 Å². The highest BCUT2D eigenvalue weighted by atomic mass is 32.2. The molecular formula is C14H12N2O6S. The third-order valence-electron chi connectivity index (χ3n) is 2.97. The Hall–Kier alpha value is -2.78. The van der Waals surface area contributed by atoms with E-state index in [-0.39, 0.29) is 21.8 Å². The lowest BCUT2D eigenvalue weighted by Crippen LogP contribution is -2.00. The van der Waals surface area contributed by atoms with Crippen LogP contribution in [0.2, 0.25) is 0 Å². The zero-order valence-corrected chi connectivity index (χ0v) is 12.6. The summed E-state index contributed by atoms with van der Waals surface area (Å²) in [5.74, 6) is -1.87. The van der Waals surface area contributed by atoms with Crippen LogP contribution in [0.25, 0.3) is 0 Å². The van der Waals surface area contributed by atoms with Gasteiger partial charge in [0.2, 0.25) is 0 Å². The Morgan fingerprint density at radius 1 is 1.13 bits per heavy atom. The van der Waals surface area contributed by atoms with Gasteiger partial charge in [0.15, 0.2) is 5.75 Å². The number of hydrogen-bond donors (Lipinski definition) is 3. The maximum absolute atomic E-state index is 11.2. The second-order valence-electron chi connectivity index (χ2n) is 4.60. The summed E-state index contributed by atoms with van der Waals surface area (Å²) < 4.78 is 31.6. The van der Waals surface area contributed by atoms with Gasteiger partial charge in [-0.1, -0.05) is 12.1 Å². The molecule has 2 aromatic rings. The third-order valence-corrected chi connectivity index (χ3v) is 3.96. The molecule has 2 rings (SSSR count). The van der Waals surface area contributed by atoms with Crippen LogP contribution >= 0.6 is 0 Å². The Morgan fingerprint density at radius 2 is 1.83 bits per heavy atom. The van der Waals surface area contributed by atoms with Crippen LogP contribution in [0, 0.1) is 6.92 Å². The SMILES string of the molecule is Cc1ccc(N=Nc2cccc(C(=O)O)c2O)cc1S(=O)(=O)O. The molecule has 0 aliphatic rings. The summed E-state index contributed by atoms with van der Waals surface area (Å²) in [5, 5.41) is 26.2. The van der Waals surface area contributed by atoms with Crippen molar-refractivity contribution in [3.63, 3.8) is 0 Å². The molecule has 2 aromatic carbocycles. The number of aromatic carboxylic acids is 1. The average Bonchev–Trinajstić information content (AvgIpc) is 2.46. The first kappa shape index (κ1) is 16.6. The Morgan fingerprint density at radius 3 is 2.43 bits per heavy atom. The molecule has 0 aliphatic heterocycles. The van der Waals surface area contributed by atoms with E-state index in [1.807, 2.05) is 0 Å². The van der Waals surface area contributed by atoms with Crippen molar-refractivity contribution in [3.8, 4) is 5.75 Å². The number of aryl methyl sites for hydroxylation is 1. The fourth-order valence-electron chi connectivity index (χ4n) is 1.83. The molecule has 0 unspecified atom stereocenters. The van der Waals surface area contributed by atoms with Gasteiger partial charge >= 0.3 is 5.97 Å². The molecule has 0 spiro atoms. The maximum atomic E-state index is 11.2. The summed E-state index contributed by atoms with van der Waals surface area (Å²) >= 11 is 0. The first-order chi connectivity index (χ1) is 10.7. The number of azo groups is 1. The molecule has 3 N–H and O–H groups in total. The quantitative estimate of drug-likeness (QED) is 0.579. The highest BCUT2D eigenvalue weighted by Crippen LogP contribution is 2.32. The summed E-state index contributed by atoms with van der Waals surface area (Å²) in [6, 6.07) is 7.96. The van der Waals surface area contributed by atoms with Crippen LogP contribution < -0.4 is 0 Å². The lowest BCUT2D eigenvalue weighted by molar-refractivity contribution is 0.0693. The van der Waals surface area contributed by atoms with Crippen molar-refractivity contribution in [2.45, 2.75) is 11.8 Å². The number of hydrogen-bond acceptors (Lipinski definition) is 6. The second kappa shape index (κ2) is 6.15. The molecule has 23 heavy (non-hydrogen) atoms. The zero-order chi connectivity index (χ0) is 17.2. The van der Waals surface area contributed by atoms with Crippen molar-refractivity contribution < 1.29 is 28.0 Å². The van der Waals surface area contributed by atoms with Gasteiger partial charge in [-0.3, -0.25) is 4.55 Å². The van der Waals surface area contributed by atoms with Gasteiger partial charge < -0.3 is 10.2 Å². The monoisotopic (exact) mass is 336 g/mol. The summed E-state index contributed by atoms with van der Waals surface area (Å²) in [5.41, 5.74) is 0.0355. The van der Waals surface area contributed by atoms with Gasteiger partial charge in [0, 0.05) is 0 Å². The minimum Gasteiger partial charge on any atom is -0.505 e. The van der Waals surface area contributed by atoms with E-state index in [4.69, 9.17) is 9.66 Å². The molecule has 9 heteroatoms. The fourth-order valence-corrected chi connectivity index (χ4v) is 2.57. The number of phenols is 1. The molecule has 0 amide bonds. The Kier molecular flexibility index (Phi) is 4.43. The number of benzene rings is 2. The van der Waals surface area contributed by atoms with Gasteiger partial charge in [-0.15, -0.1) is 5.11 Å². The molecule has 8 nitrogen and oxygen atoms in total. The van der Waals surface area contributed by atoms with Crippen molar-refractivity contribution >= 4 is 27.5 Å². The minimum atomic E-state index is -4.39. The van der Waals surface area contributed by atoms with E-state index in [9.17, 15) is 18.3 Å². The van der Waals surface area contributed by atoms with Gasteiger partial charge in [0.05, 0.1) is 10.6 Å². The average molecular weight is 336 g/mol. The van der Waals surface area contributed by atoms with Gasteiger partial charge in [-0.25, -0.2) is 4.79 Å². The van der Waals surface area contributed by atoms with Crippen molar-refractivity contribution in [1.29, 1.82) is 0 Å². The molecule has 0 saturated carbocycles. The highest BCUT2D eigenvalue weighted by molar-refractivity contribution is 7.85. The number of carbonyl (C=O) groups is 1. The summed E-state index contributed by atoms with van der Waals surface area (Å²) in [6.45, 7) is 1.51. The Balaban J connectivity index is 2.42. The molecule has 0 heterocycles. The van der Waals surface area contributed by atoms with Crippen molar-refractivity contribution in [3.05, 3.63) is 47.5 Å². The van der Waals surface area contributed by atoms with Crippen LogP contribution in [0.1, 0.15) is 15.9 Å². The molecule has 0 fully saturated rings. The largest absolute Gasteiger partial charge is 0.505 e. The number of carboxylic acid groups (broad SMARTS) is 1. The Bertz CT molecular complexity index is 905. The molecule has 0 aromatic heterocycles.